The van der Waals surface area contributed by atoms with Crippen molar-refractivity contribution in [2.75, 3.05) is 9.21 Å². The SMILES string of the molecule is Cc1cccc(N2C(=O)N(Cc3ccccc3Cl)c3ccccc3S2(=O)=O)c1C. The number of carbonyl (C=O) groups excluding carboxylic acids is 1. The second-order valence-corrected chi connectivity index (χ2v) is 9.08. The molecule has 7 heteroatoms. The van der Waals surface area contributed by atoms with Crippen LogP contribution >= 0.6 is 11.6 Å². The van der Waals surface area contributed by atoms with Crippen LogP contribution in [0.5, 0.6) is 0 Å². The van der Waals surface area contributed by atoms with Gasteiger partial charge in [0.25, 0.3) is 10.0 Å². The number of sulfonamides is 1. The fourth-order valence-corrected chi connectivity index (χ4v) is 5.30. The molecule has 0 unspecified atom stereocenters. The second-order valence-electron chi connectivity index (χ2n) is 6.92. The third-order valence-corrected chi connectivity index (χ3v) is 7.26. The Morgan fingerprint density at radius 2 is 1.52 bits per heavy atom. The molecule has 3 aromatic carbocycles. The van der Waals surface area contributed by atoms with E-state index in [2.05, 4.69) is 0 Å². The summed E-state index contributed by atoms with van der Waals surface area (Å²) in [5.41, 5.74) is 3.08. The first kappa shape index (κ1) is 19.5. The standard InChI is InChI=1S/C22H19ClN2O3S/c1-15-8-7-12-19(16(15)2)25-22(26)24(14-17-9-3-4-10-18(17)23)20-11-5-6-13-21(20)29(25,27)28/h3-13H,14H2,1-2H3. The van der Waals surface area contributed by atoms with Crippen LogP contribution in [0.1, 0.15) is 16.7 Å². The van der Waals surface area contributed by atoms with Gasteiger partial charge in [-0.15, -0.1) is 0 Å². The zero-order chi connectivity index (χ0) is 20.8. The molecular weight excluding hydrogens is 408 g/mol. The van der Waals surface area contributed by atoms with Crippen molar-refractivity contribution in [2.45, 2.75) is 25.3 Å². The molecule has 148 valence electrons. The van der Waals surface area contributed by atoms with E-state index in [-0.39, 0.29) is 11.4 Å². The summed E-state index contributed by atoms with van der Waals surface area (Å²) < 4.78 is 27.7. The number of halogens is 1. The van der Waals surface area contributed by atoms with Crippen LogP contribution in [0.4, 0.5) is 16.2 Å². The molecule has 0 fully saturated rings. The second kappa shape index (κ2) is 7.21. The maximum Gasteiger partial charge on any atom is 0.343 e. The summed E-state index contributed by atoms with van der Waals surface area (Å²) in [5, 5.41) is 0.518. The molecule has 4 rings (SSSR count). The van der Waals surface area contributed by atoms with E-state index >= 15 is 0 Å². The Balaban J connectivity index is 1.92. The Bertz CT molecular complexity index is 1220. The maximum absolute atomic E-state index is 13.5. The molecular formula is C22H19ClN2O3S. The van der Waals surface area contributed by atoms with Crippen LogP contribution in [-0.4, -0.2) is 14.4 Å². The van der Waals surface area contributed by atoms with E-state index in [1.807, 2.05) is 38.1 Å². The number of benzene rings is 3. The summed E-state index contributed by atoms with van der Waals surface area (Å²) in [4.78, 5) is 15.1. The number of fused-ring (bicyclic) bond motifs is 1. The Morgan fingerprint density at radius 3 is 2.28 bits per heavy atom. The highest BCUT2D eigenvalue weighted by Crippen LogP contribution is 2.39. The van der Waals surface area contributed by atoms with Gasteiger partial charge in [-0.2, -0.15) is 4.31 Å². The van der Waals surface area contributed by atoms with Gasteiger partial charge in [-0.25, -0.2) is 13.2 Å². The summed E-state index contributed by atoms with van der Waals surface area (Å²) in [7, 11) is -4.05. The van der Waals surface area contributed by atoms with Crippen molar-refractivity contribution in [2.24, 2.45) is 0 Å². The van der Waals surface area contributed by atoms with Gasteiger partial charge in [0, 0.05) is 5.02 Å². The molecule has 2 amide bonds. The van der Waals surface area contributed by atoms with E-state index in [1.165, 1.54) is 11.0 Å². The molecule has 1 aliphatic heterocycles. The third kappa shape index (κ3) is 3.18. The molecule has 5 nitrogen and oxygen atoms in total. The fraction of sp³-hybridized carbons (Fsp3) is 0.136. The van der Waals surface area contributed by atoms with Gasteiger partial charge in [0.1, 0.15) is 4.90 Å². The molecule has 0 bridgehead atoms. The van der Waals surface area contributed by atoms with Crippen LogP contribution in [0, 0.1) is 13.8 Å². The summed E-state index contributed by atoms with van der Waals surface area (Å²) in [6, 6.07) is 18.4. The number of rotatable bonds is 3. The zero-order valence-corrected chi connectivity index (χ0v) is 17.5. The predicted molar refractivity (Wildman–Crippen MR) is 115 cm³/mol. The minimum Gasteiger partial charge on any atom is -0.287 e. The van der Waals surface area contributed by atoms with Crippen LogP contribution in [0.25, 0.3) is 0 Å². The highest BCUT2D eigenvalue weighted by atomic mass is 35.5. The number of carbonyl (C=O) groups is 1. The molecule has 29 heavy (non-hydrogen) atoms. The first-order valence-corrected chi connectivity index (χ1v) is 10.9. The number of hydrogen-bond donors (Lipinski definition) is 0. The average molecular weight is 427 g/mol. The predicted octanol–water partition coefficient (Wildman–Crippen LogP) is 5.29. The van der Waals surface area contributed by atoms with E-state index < -0.39 is 16.1 Å². The van der Waals surface area contributed by atoms with Gasteiger partial charge >= 0.3 is 6.03 Å². The molecule has 0 aromatic heterocycles. The number of aryl methyl sites for hydroxylation is 1. The zero-order valence-electron chi connectivity index (χ0n) is 16.0. The van der Waals surface area contributed by atoms with Crippen molar-refractivity contribution >= 4 is 39.0 Å². The summed E-state index contributed by atoms with van der Waals surface area (Å²) in [6.45, 7) is 3.86. The van der Waals surface area contributed by atoms with Crippen LogP contribution in [0.15, 0.2) is 71.6 Å². The molecule has 0 atom stereocenters. The molecule has 3 aromatic rings. The van der Waals surface area contributed by atoms with Crippen molar-refractivity contribution in [3.63, 3.8) is 0 Å². The van der Waals surface area contributed by atoms with Gasteiger partial charge in [0.2, 0.25) is 0 Å². The summed E-state index contributed by atoms with van der Waals surface area (Å²) in [5.74, 6) is 0. The van der Waals surface area contributed by atoms with Crippen molar-refractivity contribution in [3.8, 4) is 0 Å². The first-order valence-electron chi connectivity index (χ1n) is 9.08. The quantitative estimate of drug-likeness (QED) is 0.571. The van der Waals surface area contributed by atoms with Gasteiger partial charge in [-0.3, -0.25) is 4.90 Å². The summed E-state index contributed by atoms with van der Waals surface area (Å²) >= 11 is 6.30. The summed E-state index contributed by atoms with van der Waals surface area (Å²) in [6.07, 6.45) is 0. The van der Waals surface area contributed by atoms with Gasteiger partial charge in [0.05, 0.1) is 17.9 Å². The number of nitrogens with zero attached hydrogens (tertiary/aromatic N) is 2. The molecule has 0 saturated carbocycles. The number of urea groups is 1. The fourth-order valence-electron chi connectivity index (χ4n) is 3.45. The van der Waals surface area contributed by atoms with Gasteiger partial charge in [-0.05, 0) is 54.8 Å². The topological polar surface area (TPSA) is 57.7 Å². The Labute approximate surface area is 175 Å². The van der Waals surface area contributed by atoms with E-state index in [4.69, 9.17) is 11.6 Å². The first-order chi connectivity index (χ1) is 13.8. The van der Waals surface area contributed by atoms with E-state index in [9.17, 15) is 13.2 Å². The van der Waals surface area contributed by atoms with Crippen LogP contribution in [-0.2, 0) is 16.6 Å². The number of amides is 2. The molecule has 0 saturated heterocycles. The van der Waals surface area contributed by atoms with Crippen molar-refractivity contribution < 1.29 is 13.2 Å². The van der Waals surface area contributed by atoms with Crippen molar-refractivity contribution in [1.82, 2.24) is 0 Å². The van der Waals surface area contributed by atoms with E-state index in [0.29, 0.717) is 16.4 Å². The Hall–Kier alpha value is -2.83. The van der Waals surface area contributed by atoms with Crippen LogP contribution < -0.4 is 9.21 Å². The lowest BCUT2D eigenvalue weighted by molar-refractivity contribution is 0.253. The van der Waals surface area contributed by atoms with Gasteiger partial charge in [0.15, 0.2) is 0 Å². The van der Waals surface area contributed by atoms with Crippen molar-refractivity contribution in [1.29, 1.82) is 0 Å². The van der Waals surface area contributed by atoms with Crippen molar-refractivity contribution in [3.05, 3.63) is 88.4 Å². The largest absolute Gasteiger partial charge is 0.343 e. The molecule has 1 heterocycles. The number of hydrogen-bond acceptors (Lipinski definition) is 3. The lowest BCUT2D eigenvalue weighted by Crippen LogP contribution is -2.51. The number of para-hydroxylation sites is 1. The monoisotopic (exact) mass is 426 g/mol. The maximum atomic E-state index is 13.5. The smallest absolute Gasteiger partial charge is 0.287 e. The van der Waals surface area contributed by atoms with E-state index in [0.717, 1.165) is 21.0 Å². The molecule has 1 aliphatic rings. The third-order valence-electron chi connectivity index (χ3n) is 5.16. The van der Waals surface area contributed by atoms with Crippen LogP contribution in [0.3, 0.4) is 0 Å². The Morgan fingerprint density at radius 1 is 0.862 bits per heavy atom. The molecule has 0 radical (unpaired) electrons. The van der Waals surface area contributed by atoms with Crippen LogP contribution in [0.2, 0.25) is 5.02 Å². The Kier molecular flexibility index (Phi) is 4.84. The molecule has 0 aliphatic carbocycles. The van der Waals surface area contributed by atoms with Gasteiger partial charge in [-0.1, -0.05) is 54.1 Å². The normalized spacial score (nSPS) is 15.3. The van der Waals surface area contributed by atoms with E-state index in [1.54, 1.807) is 36.4 Å². The molecule has 0 spiro atoms. The van der Waals surface area contributed by atoms with Gasteiger partial charge < -0.3 is 0 Å². The minimum atomic E-state index is -4.05. The lowest BCUT2D eigenvalue weighted by atomic mass is 10.1. The highest BCUT2D eigenvalue weighted by Gasteiger charge is 2.43. The number of anilines is 2. The molecule has 0 N–H and O–H groups in total. The minimum absolute atomic E-state index is 0.0903. The average Bonchev–Trinajstić information content (AvgIpc) is 2.70. The lowest BCUT2D eigenvalue weighted by Gasteiger charge is -2.37. The highest BCUT2D eigenvalue weighted by molar-refractivity contribution is 7.94.